The van der Waals surface area contributed by atoms with Crippen LogP contribution < -0.4 is 5.32 Å². The maximum atomic E-state index is 9.72. The van der Waals surface area contributed by atoms with Gasteiger partial charge in [0.1, 0.15) is 5.75 Å². The molecular weight excluding hydrogens is 392 g/mol. The zero-order valence-corrected chi connectivity index (χ0v) is 17.6. The van der Waals surface area contributed by atoms with Crippen LogP contribution >= 0.6 is 12.2 Å². The van der Waals surface area contributed by atoms with Gasteiger partial charge in [-0.3, -0.25) is 4.98 Å². The molecule has 1 aliphatic carbocycles. The van der Waals surface area contributed by atoms with E-state index in [4.69, 9.17) is 12.2 Å². The van der Waals surface area contributed by atoms with Crippen molar-refractivity contribution >= 4 is 17.3 Å². The lowest BCUT2D eigenvalue weighted by Gasteiger charge is -2.37. The molecule has 1 aliphatic heterocycles. The van der Waals surface area contributed by atoms with Crippen LogP contribution in [0.15, 0.2) is 67.0 Å². The molecule has 5 nitrogen and oxygen atoms in total. The second-order valence-corrected chi connectivity index (χ2v) is 8.53. The van der Waals surface area contributed by atoms with Gasteiger partial charge in [-0.25, -0.2) is 0 Å². The van der Waals surface area contributed by atoms with Crippen LogP contribution in [0.25, 0.3) is 5.69 Å². The van der Waals surface area contributed by atoms with Gasteiger partial charge < -0.3 is 19.9 Å². The molecule has 154 valence electrons. The number of hydrogen-bond acceptors (Lipinski definition) is 3. The van der Waals surface area contributed by atoms with E-state index in [9.17, 15) is 5.11 Å². The van der Waals surface area contributed by atoms with Crippen LogP contribution in [0.1, 0.15) is 55.6 Å². The Labute approximate surface area is 182 Å². The summed E-state index contributed by atoms with van der Waals surface area (Å²) >= 11 is 5.87. The SMILES string of the molecule is Oc1ccc(-n2cccc2[C@H]2[C@@H](c3ccccn3)NC(=S)N2C2CCCCC2)cc1. The summed E-state index contributed by atoms with van der Waals surface area (Å²) in [5.41, 5.74) is 3.20. The van der Waals surface area contributed by atoms with Crippen molar-refractivity contribution in [2.75, 3.05) is 0 Å². The Morgan fingerprint density at radius 3 is 2.50 bits per heavy atom. The van der Waals surface area contributed by atoms with Gasteiger partial charge in [0, 0.05) is 29.8 Å². The summed E-state index contributed by atoms with van der Waals surface area (Å²) in [6.07, 6.45) is 10.1. The minimum absolute atomic E-state index is 0.00797. The Morgan fingerprint density at radius 2 is 1.77 bits per heavy atom. The van der Waals surface area contributed by atoms with Gasteiger partial charge in [0.25, 0.3) is 0 Å². The predicted octanol–water partition coefficient (Wildman–Crippen LogP) is 4.88. The quantitative estimate of drug-likeness (QED) is 0.591. The third kappa shape index (κ3) is 3.45. The first kappa shape index (κ1) is 19.1. The van der Waals surface area contributed by atoms with Crippen molar-refractivity contribution in [3.05, 3.63) is 78.4 Å². The first-order valence-electron chi connectivity index (χ1n) is 10.7. The van der Waals surface area contributed by atoms with E-state index in [1.54, 1.807) is 12.1 Å². The van der Waals surface area contributed by atoms with Crippen LogP contribution in [0.3, 0.4) is 0 Å². The molecule has 1 aromatic carbocycles. The molecule has 0 unspecified atom stereocenters. The number of aromatic nitrogens is 2. The number of aromatic hydroxyl groups is 1. The first-order chi connectivity index (χ1) is 14.7. The largest absolute Gasteiger partial charge is 0.508 e. The van der Waals surface area contributed by atoms with Gasteiger partial charge in [-0.05, 0) is 73.6 Å². The van der Waals surface area contributed by atoms with Crippen LogP contribution in [0, 0.1) is 0 Å². The summed E-state index contributed by atoms with van der Waals surface area (Å²) in [5, 5.41) is 14.1. The molecular formula is C24H26N4OS. The molecule has 2 N–H and O–H groups in total. The highest BCUT2D eigenvalue weighted by Crippen LogP contribution is 2.43. The van der Waals surface area contributed by atoms with Crippen molar-refractivity contribution in [1.29, 1.82) is 0 Å². The Morgan fingerprint density at radius 1 is 0.967 bits per heavy atom. The normalized spacial score (nSPS) is 22.3. The van der Waals surface area contributed by atoms with E-state index >= 15 is 0 Å². The maximum Gasteiger partial charge on any atom is 0.170 e. The van der Waals surface area contributed by atoms with E-state index < -0.39 is 0 Å². The molecule has 1 saturated carbocycles. The van der Waals surface area contributed by atoms with Crippen LogP contribution in [-0.2, 0) is 0 Å². The predicted molar refractivity (Wildman–Crippen MR) is 122 cm³/mol. The number of phenols is 1. The van der Waals surface area contributed by atoms with E-state index in [2.05, 4.69) is 44.2 Å². The van der Waals surface area contributed by atoms with Crippen molar-refractivity contribution < 1.29 is 5.11 Å². The Kier molecular flexibility index (Phi) is 5.17. The molecule has 30 heavy (non-hydrogen) atoms. The highest BCUT2D eigenvalue weighted by Gasteiger charge is 2.44. The number of rotatable bonds is 4. The van der Waals surface area contributed by atoms with E-state index in [0.29, 0.717) is 6.04 Å². The van der Waals surface area contributed by atoms with Gasteiger partial charge in [-0.15, -0.1) is 0 Å². The van der Waals surface area contributed by atoms with Gasteiger partial charge in [-0.2, -0.15) is 0 Å². The summed E-state index contributed by atoms with van der Waals surface area (Å²) in [6.45, 7) is 0. The Hall–Kier alpha value is -2.86. The van der Waals surface area contributed by atoms with E-state index in [1.807, 2.05) is 30.5 Å². The van der Waals surface area contributed by atoms with Crippen molar-refractivity contribution in [1.82, 2.24) is 19.8 Å². The lowest BCUT2D eigenvalue weighted by atomic mass is 9.92. The zero-order valence-electron chi connectivity index (χ0n) is 16.8. The highest BCUT2D eigenvalue weighted by atomic mass is 32.1. The molecule has 0 spiro atoms. The zero-order chi connectivity index (χ0) is 20.5. The minimum Gasteiger partial charge on any atom is -0.508 e. The molecule has 0 radical (unpaired) electrons. The summed E-state index contributed by atoms with van der Waals surface area (Å²) < 4.78 is 2.20. The maximum absolute atomic E-state index is 9.72. The molecule has 2 aliphatic rings. The van der Waals surface area contributed by atoms with Crippen molar-refractivity contribution in [2.45, 2.75) is 50.2 Å². The molecule has 0 amide bonds. The second kappa shape index (κ2) is 8.11. The fourth-order valence-corrected chi connectivity index (χ4v) is 5.31. The number of nitrogens with one attached hydrogen (secondary N) is 1. The Balaban J connectivity index is 1.60. The number of benzene rings is 1. The highest BCUT2D eigenvalue weighted by molar-refractivity contribution is 7.80. The van der Waals surface area contributed by atoms with Gasteiger partial charge in [-0.1, -0.05) is 25.3 Å². The number of pyridine rings is 1. The minimum atomic E-state index is -0.00797. The van der Waals surface area contributed by atoms with Crippen LogP contribution in [0.5, 0.6) is 5.75 Å². The van der Waals surface area contributed by atoms with Gasteiger partial charge in [0.2, 0.25) is 0 Å². The molecule has 0 bridgehead atoms. The number of phenolic OH excluding ortho intramolecular Hbond substituents is 1. The average Bonchev–Trinajstić information content (AvgIpc) is 3.40. The number of thiocarbonyl (C=S) groups is 1. The van der Waals surface area contributed by atoms with E-state index in [-0.39, 0.29) is 17.8 Å². The van der Waals surface area contributed by atoms with E-state index in [1.165, 1.54) is 37.8 Å². The first-order valence-corrected chi connectivity index (χ1v) is 11.1. The Bertz CT molecular complexity index is 1010. The van der Waals surface area contributed by atoms with E-state index in [0.717, 1.165) is 16.5 Å². The van der Waals surface area contributed by atoms with Crippen molar-refractivity contribution in [3.8, 4) is 11.4 Å². The summed E-state index contributed by atoms with van der Waals surface area (Å²) in [5.74, 6) is 0.270. The van der Waals surface area contributed by atoms with Crippen LogP contribution in [0.2, 0.25) is 0 Å². The van der Waals surface area contributed by atoms with Crippen molar-refractivity contribution in [2.24, 2.45) is 0 Å². The third-order valence-corrected chi connectivity index (χ3v) is 6.64. The smallest absolute Gasteiger partial charge is 0.170 e. The summed E-state index contributed by atoms with van der Waals surface area (Å²) in [7, 11) is 0. The lowest BCUT2D eigenvalue weighted by molar-refractivity contribution is 0.193. The topological polar surface area (TPSA) is 53.3 Å². The van der Waals surface area contributed by atoms with Crippen LogP contribution in [-0.4, -0.2) is 30.7 Å². The number of nitrogens with zero attached hydrogens (tertiary/aromatic N) is 3. The summed E-state index contributed by atoms with van der Waals surface area (Å²) in [6, 6.07) is 18.2. The molecule has 2 atom stereocenters. The van der Waals surface area contributed by atoms with Crippen molar-refractivity contribution in [3.63, 3.8) is 0 Å². The average molecular weight is 419 g/mol. The molecule has 1 saturated heterocycles. The van der Waals surface area contributed by atoms with Gasteiger partial charge >= 0.3 is 0 Å². The fraction of sp³-hybridized carbons (Fsp3) is 0.333. The van der Waals surface area contributed by atoms with Gasteiger partial charge in [0.15, 0.2) is 5.11 Å². The monoisotopic (exact) mass is 418 g/mol. The molecule has 6 heteroatoms. The second-order valence-electron chi connectivity index (χ2n) is 8.15. The standard InChI is InChI=1S/C24H26N4OS/c29-19-13-11-17(12-14-19)27-16-6-10-21(27)23-22(20-9-4-5-15-25-20)26-24(30)28(23)18-7-2-1-3-8-18/h4-6,9-16,18,22-23,29H,1-3,7-8H2,(H,26,30)/t22-,23+/m1/s1. The van der Waals surface area contributed by atoms with Crippen LogP contribution in [0.4, 0.5) is 0 Å². The third-order valence-electron chi connectivity index (χ3n) is 6.31. The summed E-state index contributed by atoms with van der Waals surface area (Å²) in [4.78, 5) is 7.09. The van der Waals surface area contributed by atoms with Gasteiger partial charge in [0.05, 0.1) is 17.8 Å². The fourth-order valence-electron chi connectivity index (χ4n) is 4.92. The number of hydrogen-bond donors (Lipinski definition) is 2. The molecule has 2 fully saturated rings. The molecule has 2 aromatic heterocycles. The molecule has 3 heterocycles. The molecule has 3 aromatic rings. The molecule has 5 rings (SSSR count). The lowest BCUT2D eigenvalue weighted by Crippen LogP contribution is -2.40.